The quantitative estimate of drug-likeness (QED) is 0.900. The van der Waals surface area contributed by atoms with E-state index in [1.165, 1.54) is 0 Å². The first-order valence-corrected chi connectivity index (χ1v) is 8.29. The monoisotopic (exact) mass is 330 g/mol. The number of hydrogen-bond acceptors (Lipinski definition) is 5. The van der Waals surface area contributed by atoms with Crippen LogP contribution >= 0.6 is 0 Å². The third-order valence-electron chi connectivity index (χ3n) is 3.91. The van der Waals surface area contributed by atoms with Crippen LogP contribution in [0.3, 0.4) is 0 Å². The molecule has 8 heteroatoms. The highest BCUT2D eigenvalue weighted by Gasteiger charge is 2.24. The van der Waals surface area contributed by atoms with Gasteiger partial charge in [-0.05, 0) is 18.6 Å². The molecule has 1 saturated heterocycles. The maximum absolute atomic E-state index is 11.9. The third kappa shape index (κ3) is 4.01. The first-order valence-electron chi connectivity index (χ1n) is 8.29. The summed E-state index contributed by atoms with van der Waals surface area (Å²) in [6.45, 7) is 4.14. The minimum atomic E-state index is 0.0127. The maximum atomic E-state index is 11.9. The number of hydrogen-bond donors (Lipinski definition) is 1. The third-order valence-corrected chi connectivity index (χ3v) is 3.91. The van der Waals surface area contributed by atoms with Crippen LogP contribution in [0.4, 0.5) is 4.79 Å². The average Bonchev–Trinajstić information content (AvgIpc) is 3.15. The van der Waals surface area contributed by atoms with Crippen LogP contribution in [0.1, 0.15) is 26.2 Å². The smallest absolute Gasteiger partial charge is 0.317 e. The molecule has 2 aromatic heterocycles. The zero-order chi connectivity index (χ0) is 16.8. The number of ether oxygens (including phenoxy) is 1. The number of urea groups is 1. The second kappa shape index (κ2) is 7.76. The van der Waals surface area contributed by atoms with E-state index in [0.29, 0.717) is 31.3 Å². The Morgan fingerprint density at radius 1 is 1.33 bits per heavy atom. The van der Waals surface area contributed by atoms with Crippen LogP contribution in [0.25, 0.3) is 5.82 Å². The summed E-state index contributed by atoms with van der Waals surface area (Å²) in [7, 11) is 0. The summed E-state index contributed by atoms with van der Waals surface area (Å²) < 4.78 is 7.52. The molecule has 128 valence electrons. The molecule has 1 N–H and O–H groups in total. The molecule has 0 atom stereocenters. The molecule has 1 aliphatic heterocycles. The molecule has 1 aliphatic rings. The predicted molar refractivity (Wildman–Crippen MR) is 88.1 cm³/mol. The number of nitrogens with one attached hydrogen (secondary N) is 1. The number of rotatable bonds is 5. The predicted octanol–water partition coefficient (Wildman–Crippen LogP) is 1.63. The average molecular weight is 330 g/mol. The Labute approximate surface area is 140 Å². The molecule has 0 unspecified atom stereocenters. The van der Waals surface area contributed by atoms with Gasteiger partial charge >= 0.3 is 6.03 Å². The molecular formula is C16H22N6O2. The van der Waals surface area contributed by atoms with Crippen molar-refractivity contribution in [3.63, 3.8) is 0 Å². The van der Waals surface area contributed by atoms with Crippen LogP contribution in [0, 0.1) is 0 Å². The van der Waals surface area contributed by atoms with Crippen LogP contribution < -0.4 is 10.1 Å². The summed E-state index contributed by atoms with van der Waals surface area (Å²) in [5.41, 5.74) is 0. The van der Waals surface area contributed by atoms with E-state index in [-0.39, 0.29) is 12.1 Å². The fraction of sp³-hybridized carbons (Fsp3) is 0.500. The van der Waals surface area contributed by atoms with Crippen molar-refractivity contribution in [1.82, 2.24) is 30.2 Å². The number of piperidine rings is 1. The second-order valence-electron chi connectivity index (χ2n) is 5.72. The lowest BCUT2D eigenvalue weighted by atomic mass is 10.1. The normalized spacial score (nSPS) is 15.3. The fourth-order valence-electron chi connectivity index (χ4n) is 2.59. The van der Waals surface area contributed by atoms with Crippen LogP contribution in [-0.4, -0.2) is 56.6 Å². The molecule has 0 aromatic carbocycles. The molecular weight excluding hydrogens is 308 g/mol. The topological polar surface area (TPSA) is 85.2 Å². The number of carbonyl (C=O) groups is 1. The summed E-state index contributed by atoms with van der Waals surface area (Å²) >= 11 is 0. The molecule has 24 heavy (non-hydrogen) atoms. The summed E-state index contributed by atoms with van der Waals surface area (Å²) in [6.07, 6.45) is 6.09. The molecule has 0 radical (unpaired) electrons. The zero-order valence-electron chi connectivity index (χ0n) is 13.8. The summed E-state index contributed by atoms with van der Waals surface area (Å²) in [5.74, 6) is 1.15. The van der Waals surface area contributed by atoms with Crippen molar-refractivity contribution in [2.75, 3.05) is 19.6 Å². The summed E-state index contributed by atoms with van der Waals surface area (Å²) in [4.78, 5) is 13.8. The fourth-order valence-corrected chi connectivity index (χ4v) is 2.59. The first kappa shape index (κ1) is 16.2. The summed E-state index contributed by atoms with van der Waals surface area (Å²) in [5, 5.41) is 15.2. The molecule has 1 fully saturated rings. The van der Waals surface area contributed by atoms with Crippen molar-refractivity contribution in [3.8, 4) is 11.7 Å². The standard InChI is InChI=1S/C16H22N6O2/c1-2-8-17-16(23)21-11-6-13(7-12-21)24-15-5-4-14(19-20-15)22-10-3-9-18-22/h3-5,9-10,13H,2,6-8,11-12H2,1H3,(H,17,23). The number of nitrogens with zero attached hydrogens (tertiary/aromatic N) is 5. The second-order valence-corrected chi connectivity index (χ2v) is 5.72. The van der Waals surface area contributed by atoms with Gasteiger partial charge in [-0.3, -0.25) is 0 Å². The van der Waals surface area contributed by atoms with E-state index in [1.807, 2.05) is 30.2 Å². The Hall–Kier alpha value is -2.64. The van der Waals surface area contributed by atoms with Crippen molar-refractivity contribution in [2.45, 2.75) is 32.3 Å². The highest BCUT2D eigenvalue weighted by molar-refractivity contribution is 5.74. The lowest BCUT2D eigenvalue weighted by Gasteiger charge is -2.31. The van der Waals surface area contributed by atoms with Gasteiger partial charge in [0.2, 0.25) is 5.88 Å². The van der Waals surface area contributed by atoms with E-state index in [9.17, 15) is 4.79 Å². The van der Waals surface area contributed by atoms with Crippen molar-refractivity contribution < 1.29 is 9.53 Å². The van der Waals surface area contributed by atoms with Gasteiger partial charge in [0.15, 0.2) is 5.82 Å². The number of carbonyl (C=O) groups excluding carboxylic acids is 1. The molecule has 3 heterocycles. The lowest BCUT2D eigenvalue weighted by molar-refractivity contribution is 0.106. The van der Waals surface area contributed by atoms with Gasteiger partial charge in [-0.1, -0.05) is 6.92 Å². The van der Waals surface area contributed by atoms with Gasteiger partial charge in [-0.15, -0.1) is 10.2 Å². The van der Waals surface area contributed by atoms with Gasteiger partial charge < -0.3 is 15.0 Å². The van der Waals surface area contributed by atoms with Crippen molar-refractivity contribution in [3.05, 3.63) is 30.6 Å². The Balaban J connectivity index is 1.48. The SMILES string of the molecule is CCCNC(=O)N1CCC(Oc2ccc(-n3cccn3)nn2)CC1. The molecule has 8 nitrogen and oxygen atoms in total. The highest BCUT2D eigenvalue weighted by atomic mass is 16.5. The van der Waals surface area contributed by atoms with E-state index in [0.717, 1.165) is 19.3 Å². The molecule has 0 bridgehead atoms. The number of amides is 2. The highest BCUT2D eigenvalue weighted by Crippen LogP contribution is 2.17. The van der Waals surface area contributed by atoms with Crippen LogP contribution in [-0.2, 0) is 0 Å². The van der Waals surface area contributed by atoms with Gasteiger partial charge in [0.05, 0.1) is 0 Å². The minimum Gasteiger partial charge on any atom is -0.473 e. The van der Waals surface area contributed by atoms with Crippen molar-refractivity contribution in [2.24, 2.45) is 0 Å². The minimum absolute atomic E-state index is 0.0127. The van der Waals surface area contributed by atoms with Gasteiger partial charge in [0, 0.05) is 50.9 Å². The van der Waals surface area contributed by atoms with E-state index >= 15 is 0 Å². The van der Waals surface area contributed by atoms with Gasteiger partial charge in [0.25, 0.3) is 0 Å². The van der Waals surface area contributed by atoms with E-state index in [2.05, 4.69) is 20.6 Å². The van der Waals surface area contributed by atoms with Gasteiger partial charge in [-0.25, -0.2) is 9.48 Å². The lowest BCUT2D eigenvalue weighted by Crippen LogP contribution is -2.46. The molecule has 0 aliphatic carbocycles. The Morgan fingerprint density at radius 3 is 2.79 bits per heavy atom. The number of likely N-dealkylation sites (tertiary alicyclic amines) is 1. The van der Waals surface area contributed by atoms with Gasteiger partial charge in [0.1, 0.15) is 6.10 Å². The van der Waals surface area contributed by atoms with Crippen LogP contribution in [0.15, 0.2) is 30.6 Å². The van der Waals surface area contributed by atoms with Crippen LogP contribution in [0.2, 0.25) is 0 Å². The van der Waals surface area contributed by atoms with E-state index < -0.39 is 0 Å². The van der Waals surface area contributed by atoms with E-state index in [1.54, 1.807) is 16.9 Å². The Bertz CT molecular complexity index is 635. The summed E-state index contributed by atoms with van der Waals surface area (Å²) in [6, 6.07) is 5.46. The largest absolute Gasteiger partial charge is 0.473 e. The van der Waals surface area contributed by atoms with Crippen molar-refractivity contribution in [1.29, 1.82) is 0 Å². The molecule has 0 spiro atoms. The van der Waals surface area contributed by atoms with E-state index in [4.69, 9.17) is 4.74 Å². The molecule has 3 rings (SSSR count). The molecule has 2 amide bonds. The molecule has 0 saturated carbocycles. The molecule has 2 aromatic rings. The number of aromatic nitrogens is 4. The van der Waals surface area contributed by atoms with Crippen LogP contribution in [0.5, 0.6) is 5.88 Å². The first-order chi connectivity index (χ1) is 11.8. The zero-order valence-corrected chi connectivity index (χ0v) is 13.8. The Kier molecular flexibility index (Phi) is 5.25. The Morgan fingerprint density at radius 2 is 2.17 bits per heavy atom. The van der Waals surface area contributed by atoms with Crippen molar-refractivity contribution >= 4 is 6.03 Å². The van der Waals surface area contributed by atoms with Gasteiger partial charge in [-0.2, -0.15) is 5.10 Å². The maximum Gasteiger partial charge on any atom is 0.317 e.